The van der Waals surface area contributed by atoms with Gasteiger partial charge in [-0.2, -0.15) is 0 Å². The highest BCUT2D eigenvalue weighted by molar-refractivity contribution is 6.29. The summed E-state index contributed by atoms with van der Waals surface area (Å²) in [6.45, 7) is 3.06. The largest absolute Gasteiger partial charge is 0.453 e. The number of benzene rings is 1. The molecule has 1 aromatic carbocycles. The van der Waals surface area contributed by atoms with E-state index in [1.165, 1.54) is 12.0 Å². The first-order chi connectivity index (χ1) is 9.31. The van der Waals surface area contributed by atoms with E-state index in [1.54, 1.807) is 6.26 Å². The maximum Gasteiger partial charge on any atom is 0.197 e. The lowest BCUT2D eigenvalue weighted by molar-refractivity contribution is 0.477. The molecule has 0 amide bonds. The van der Waals surface area contributed by atoms with Crippen LogP contribution in [0.2, 0.25) is 5.22 Å². The van der Waals surface area contributed by atoms with Crippen molar-refractivity contribution in [1.82, 2.24) is 5.32 Å². The van der Waals surface area contributed by atoms with Gasteiger partial charge < -0.3 is 9.73 Å². The molecule has 1 aliphatic rings. The number of hydrogen-bond donors (Lipinski definition) is 1. The van der Waals surface area contributed by atoms with E-state index < -0.39 is 0 Å². The van der Waals surface area contributed by atoms with Crippen LogP contribution in [0.5, 0.6) is 0 Å². The van der Waals surface area contributed by atoms with Crippen molar-refractivity contribution in [1.29, 1.82) is 0 Å². The fourth-order valence-electron chi connectivity index (χ4n) is 2.90. The van der Waals surface area contributed by atoms with Crippen LogP contribution in [0.25, 0.3) is 0 Å². The summed E-state index contributed by atoms with van der Waals surface area (Å²) in [6, 6.07) is 13.0. The first-order valence-corrected chi connectivity index (χ1v) is 7.20. The van der Waals surface area contributed by atoms with Gasteiger partial charge >= 0.3 is 0 Å². The average Bonchev–Trinajstić information content (AvgIpc) is 3.12. The lowest BCUT2D eigenvalue weighted by atomic mass is 10.0. The predicted octanol–water partition coefficient (Wildman–Crippen LogP) is 4.39. The highest BCUT2D eigenvalue weighted by Crippen LogP contribution is 2.54. The predicted molar refractivity (Wildman–Crippen MR) is 77.4 cm³/mol. The second-order valence-corrected chi connectivity index (χ2v) is 5.45. The number of halogens is 1. The summed E-state index contributed by atoms with van der Waals surface area (Å²) in [5.41, 5.74) is 2.52. The molecule has 3 rings (SSSR count). The number of nitrogens with one attached hydrogen (secondary N) is 1. The minimum Gasteiger partial charge on any atom is -0.453 e. The number of rotatable bonds is 5. The van der Waals surface area contributed by atoms with Crippen molar-refractivity contribution in [2.24, 2.45) is 5.92 Å². The molecule has 1 aromatic heterocycles. The van der Waals surface area contributed by atoms with E-state index in [4.69, 9.17) is 16.0 Å². The second-order valence-electron chi connectivity index (χ2n) is 5.10. The summed E-state index contributed by atoms with van der Waals surface area (Å²) in [7, 11) is 0. The summed E-state index contributed by atoms with van der Waals surface area (Å²) >= 11 is 6.13. The number of furan rings is 1. The van der Waals surface area contributed by atoms with Crippen molar-refractivity contribution >= 4 is 11.6 Å². The van der Waals surface area contributed by atoms with Crippen molar-refractivity contribution in [3.63, 3.8) is 0 Å². The fraction of sp³-hybridized carbons (Fsp3) is 0.375. The van der Waals surface area contributed by atoms with Gasteiger partial charge in [0.15, 0.2) is 5.22 Å². The molecule has 1 heterocycles. The van der Waals surface area contributed by atoms with Crippen LogP contribution in [-0.4, -0.2) is 6.54 Å². The first kappa shape index (κ1) is 12.8. The van der Waals surface area contributed by atoms with Crippen LogP contribution in [0.1, 0.15) is 36.4 Å². The maximum atomic E-state index is 6.13. The van der Waals surface area contributed by atoms with E-state index in [0.717, 1.165) is 12.1 Å². The Balaban J connectivity index is 1.79. The lowest BCUT2D eigenvalue weighted by Gasteiger charge is -2.17. The van der Waals surface area contributed by atoms with Crippen LogP contribution >= 0.6 is 11.6 Å². The highest BCUT2D eigenvalue weighted by Gasteiger charge is 2.44. The van der Waals surface area contributed by atoms with Crippen molar-refractivity contribution in [2.45, 2.75) is 25.3 Å². The molecule has 3 atom stereocenters. The molecule has 1 aliphatic carbocycles. The fourth-order valence-corrected chi connectivity index (χ4v) is 3.14. The third kappa shape index (κ3) is 2.56. The van der Waals surface area contributed by atoms with Crippen LogP contribution in [0, 0.1) is 5.92 Å². The molecular formula is C16H18ClNO. The Morgan fingerprint density at radius 1 is 1.32 bits per heavy atom. The van der Waals surface area contributed by atoms with Gasteiger partial charge in [0.2, 0.25) is 0 Å². The van der Waals surface area contributed by atoms with Crippen LogP contribution in [0.15, 0.2) is 47.1 Å². The highest BCUT2D eigenvalue weighted by atomic mass is 35.5. The third-order valence-corrected chi connectivity index (χ3v) is 4.21. The Labute approximate surface area is 118 Å². The minimum atomic E-state index is 0.293. The van der Waals surface area contributed by atoms with Gasteiger partial charge in [0.1, 0.15) is 0 Å². The monoisotopic (exact) mass is 275 g/mol. The van der Waals surface area contributed by atoms with Gasteiger partial charge in [-0.1, -0.05) is 37.3 Å². The van der Waals surface area contributed by atoms with Gasteiger partial charge in [-0.15, -0.1) is 0 Å². The molecule has 1 N–H and O–H groups in total. The smallest absolute Gasteiger partial charge is 0.197 e. The Hall–Kier alpha value is -1.25. The lowest BCUT2D eigenvalue weighted by Crippen LogP contribution is -2.23. The molecule has 3 heteroatoms. The standard InChI is InChI=1S/C16H18ClNO/c1-2-18-15(12-8-9-19-16(12)17)14-10-13(14)11-6-4-3-5-7-11/h3-9,13-15,18H,2,10H2,1H3. The van der Waals surface area contributed by atoms with Crippen molar-refractivity contribution in [3.05, 3.63) is 59.0 Å². The summed E-state index contributed by atoms with van der Waals surface area (Å²) in [5, 5.41) is 4.06. The van der Waals surface area contributed by atoms with Gasteiger partial charge in [0.05, 0.1) is 6.26 Å². The summed E-state index contributed by atoms with van der Waals surface area (Å²) in [6.07, 6.45) is 2.88. The average molecular weight is 276 g/mol. The topological polar surface area (TPSA) is 25.2 Å². The zero-order valence-electron chi connectivity index (χ0n) is 11.0. The zero-order valence-corrected chi connectivity index (χ0v) is 11.7. The second kappa shape index (κ2) is 5.40. The van der Waals surface area contributed by atoms with Crippen LogP contribution in [0.4, 0.5) is 0 Å². The molecule has 0 spiro atoms. The molecule has 2 nitrogen and oxygen atoms in total. The molecule has 1 saturated carbocycles. The number of hydrogen-bond acceptors (Lipinski definition) is 2. The van der Waals surface area contributed by atoms with E-state index in [9.17, 15) is 0 Å². The minimum absolute atomic E-state index is 0.293. The van der Waals surface area contributed by atoms with E-state index in [-0.39, 0.29) is 0 Å². The van der Waals surface area contributed by atoms with Gasteiger partial charge in [-0.3, -0.25) is 0 Å². The van der Waals surface area contributed by atoms with Crippen molar-refractivity contribution < 1.29 is 4.42 Å². The van der Waals surface area contributed by atoms with E-state index >= 15 is 0 Å². The van der Waals surface area contributed by atoms with Crippen LogP contribution in [0.3, 0.4) is 0 Å². The Morgan fingerprint density at radius 3 is 2.74 bits per heavy atom. The molecule has 0 radical (unpaired) electrons. The van der Waals surface area contributed by atoms with E-state index in [2.05, 4.69) is 42.6 Å². The third-order valence-electron chi connectivity index (χ3n) is 3.90. The van der Waals surface area contributed by atoms with Gasteiger partial charge in [-0.05, 0) is 48.0 Å². The van der Waals surface area contributed by atoms with Crippen LogP contribution < -0.4 is 5.32 Å². The molecule has 0 saturated heterocycles. The maximum absolute atomic E-state index is 6.13. The van der Waals surface area contributed by atoms with E-state index in [1.807, 2.05) is 6.07 Å². The molecule has 1 fully saturated rings. The SMILES string of the molecule is CCNC(c1ccoc1Cl)C1CC1c1ccccc1. The summed E-state index contributed by atoms with van der Waals surface area (Å²) in [4.78, 5) is 0. The molecule has 19 heavy (non-hydrogen) atoms. The van der Waals surface area contributed by atoms with Gasteiger partial charge in [-0.25, -0.2) is 0 Å². The van der Waals surface area contributed by atoms with E-state index in [0.29, 0.717) is 23.1 Å². The molecular weight excluding hydrogens is 258 g/mol. The zero-order chi connectivity index (χ0) is 13.2. The molecule has 3 unspecified atom stereocenters. The molecule has 0 bridgehead atoms. The van der Waals surface area contributed by atoms with Gasteiger partial charge in [0.25, 0.3) is 0 Å². The van der Waals surface area contributed by atoms with Crippen LogP contribution in [-0.2, 0) is 0 Å². The quantitative estimate of drug-likeness (QED) is 0.876. The summed E-state index contributed by atoms with van der Waals surface area (Å²) in [5.74, 6) is 1.24. The normalized spacial score (nSPS) is 23.3. The Bertz CT molecular complexity index is 537. The molecule has 0 aliphatic heterocycles. The van der Waals surface area contributed by atoms with Crippen molar-refractivity contribution in [3.8, 4) is 0 Å². The van der Waals surface area contributed by atoms with Crippen molar-refractivity contribution in [2.75, 3.05) is 6.54 Å². The first-order valence-electron chi connectivity index (χ1n) is 6.82. The Morgan fingerprint density at radius 2 is 2.11 bits per heavy atom. The molecule has 100 valence electrons. The Kier molecular flexibility index (Phi) is 3.63. The van der Waals surface area contributed by atoms with Gasteiger partial charge in [0, 0.05) is 11.6 Å². The molecule has 2 aromatic rings. The summed E-state index contributed by atoms with van der Waals surface area (Å²) < 4.78 is 5.24.